The van der Waals surface area contributed by atoms with Gasteiger partial charge in [-0.15, -0.1) is 0 Å². The molecule has 3 aromatic rings. The van der Waals surface area contributed by atoms with E-state index in [-0.39, 0.29) is 41.4 Å². The van der Waals surface area contributed by atoms with E-state index in [1.54, 1.807) is 31.2 Å². The quantitative estimate of drug-likeness (QED) is 0.341. The van der Waals surface area contributed by atoms with Gasteiger partial charge in [0, 0.05) is 23.7 Å². The first kappa shape index (κ1) is 30.6. The highest BCUT2D eigenvalue weighted by Gasteiger charge is 2.34. The van der Waals surface area contributed by atoms with Crippen LogP contribution in [-0.4, -0.2) is 57.0 Å². The zero-order valence-electron chi connectivity index (χ0n) is 23.7. The average Bonchev–Trinajstić information content (AvgIpc) is 3.51. The maximum absolute atomic E-state index is 14.1. The largest absolute Gasteiger partial charge is 0.486 e. The molecule has 1 fully saturated rings. The molecule has 0 spiro atoms. The van der Waals surface area contributed by atoms with Gasteiger partial charge in [0.15, 0.2) is 11.5 Å². The SMILES string of the molecule is C[C@@H](C(=O)NC1CCCC1)N(Cc1cccc(Cl)c1)C(=O)CN(c1ccc(F)cc1)S(=O)(=O)c1ccc2c(c1)OCCO2. The Labute approximate surface area is 255 Å². The van der Waals surface area contributed by atoms with Crippen molar-refractivity contribution in [3.05, 3.63) is 83.1 Å². The van der Waals surface area contributed by atoms with Crippen LogP contribution in [0.1, 0.15) is 38.2 Å². The second-order valence-corrected chi connectivity index (χ2v) is 12.9. The van der Waals surface area contributed by atoms with Crippen molar-refractivity contribution in [2.45, 2.75) is 56.1 Å². The summed E-state index contributed by atoms with van der Waals surface area (Å²) in [5.74, 6) is -0.849. The first-order valence-corrected chi connectivity index (χ1v) is 16.0. The lowest BCUT2D eigenvalue weighted by Gasteiger charge is -2.32. The second-order valence-electron chi connectivity index (χ2n) is 10.6. The number of rotatable bonds is 10. The van der Waals surface area contributed by atoms with Crippen molar-refractivity contribution in [3.63, 3.8) is 0 Å². The molecule has 0 unspecified atom stereocenters. The Balaban J connectivity index is 1.48. The van der Waals surface area contributed by atoms with Crippen molar-refractivity contribution in [1.29, 1.82) is 0 Å². The highest BCUT2D eigenvalue weighted by molar-refractivity contribution is 7.92. The van der Waals surface area contributed by atoms with Crippen molar-refractivity contribution in [1.82, 2.24) is 10.2 Å². The second kappa shape index (κ2) is 13.2. The Kier molecular flexibility index (Phi) is 9.41. The summed E-state index contributed by atoms with van der Waals surface area (Å²) >= 11 is 6.20. The van der Waals surface area contributed by atoms with E-state index >= 15 is 0 Å². The molecule has 1 heterocycles. The minimum absolute atomic E-state index is 0.0139. The molecule has 228 valence electrons. The van der Waals surface area contributed by atoms with E-state index in [4.69, 9.17) is 21.1 Å². The molecule has 1 aliphatic carbocycles. The molecule has 43 heavy (non-hydrogen) atoms. The van der Waals surface area contributed by atoms with E-state index in [1.165, 1.54) is 35.2 Å². The third-order valence-electron chi connectivity index (χ3n) is 7.61. The molecule has 1 aliphatic heterocycles. The van der Waals surface area contributed by atoms with Gasteiger partial charge in [0.1, 0.15) is 31.6 Å². The van der Waals surface area contributed by atoms with Crippen molar-refractivity contribution in [2.24, 2.45) is 0 Å². The Morgan fingerprint density at radius 3 is 2.40 bits per heavy atom. The summed E-state index contributed by atoms with van der Waals surface area (Å²) in [7, 11) is -4.37. The number of carbonyl (C=O) groups is 2. The molecule has 1 saturated carbocycles. The molecule has 1 N–H and O–H groups in total. The molecule has 0 radical (unpaired) electrons. The monoisotopic (exact) mass is 629 g/mol. The minimum Gasteiger partial charge on any atom is -0.486 e. The van der Waals surface area contributed by atoms with Crippen molar-refractivity contribution >= 4 is 39.1 Å². The van der Waals surface area contributed by atoms with Crippen LogP contribution in [0.3, 0.4) is 0 Å². The number of ether oxygens (including phenoxy) is 2. The summed E-state index contributed by atoms with van der Waals surface area (Å²) < 4.78 is 54.0. The van der Waals surface area contributed by atoms with Gasteiger partial charge in [-0.2, -0.15) is 0 Å². The fraction of sp³-hybridized carbons (Fsp3) is 0.355. The van der Waals surface area contributed by atoms with Gasteiger partial charge in [-0.25, -0.2) is 12.8 Å². The van der Waals surface area contributed by atoms with E-state index in [2.05, 4.69) is 5.32 Å². The minimum atomic E-state index is -4.37. The van der Waals surface area contributed by atoms with Crippen LogP contribution in [0.4, 0.5) is 10.1 Å². The number of hydrogen-bond donors (Lipinski definition) is 1. The Morgan fingerprint density at radius 1 is 1.00 bits per heavy atom. The zero-order valence-corrected chi connectivity index (χ0v) is 25.2. The highest BCUT2D eigenvalue weighted by atomic mass is 35.5. The molecule has 2 aliphatic rings. The van der Waals surface area contributed by atoms with Crippen molar-refractivity contribution in [3.8, 4) is 11.5 Å². The maximum Gasteiger partial charge on any atom is 0.264 e. The fourth-order valence-corrected chi connectivity index (χ4v) is 6.90. The molecular weight excluding hydrogens is 597 g/mol. The van der Waals surface area contributed by atoms with Gasteiger partial charge in [-0.3, -0.25) is 13.9 Å². The van der Waals surface area contributed by atoms with E-state index in [1.807, 2.05) is 0 Å². The van der Waals surface area contributed by atoms with Crippen LogP contribution in [0.2, 0.25) is 5.02 Å². The van der Waals surface area contributed by atoms with Gasteiger partial charge < -0.3 is 19.7 Å². The van der Waals surface area contributed by atoms with Gasteiger partial charge in [-0.1, -0.05) is 36.6 Å². The van der Waals surface area contributed by atoms with E-state index in [0.29, 0.717) is 22.9 Å². The normalized spacial score (nSPS) is 15.5. The predicted octanol–water partition coefficient (Wildman–Crippen LogP) is 4.92. The zero-order chi connectivity index (χ0) is 30.6. The summed E-state index contributed by atoms with van der Waals surface area (Å²) in [6.45, 7) is 1.58. The highest BCUT2D eigenvalue weighted by Crippen LogP contribution is 2.34. The number of halogens is 2. The summed E-state index contributed by atoms with van der Waals surface area (Å²) in [6, 6.07) is 15.0. The van der Waals surface area contributed by atoms with Crippen LogP contribution in [0.15, 0.2) is 71.6 Å². The van der Waals surface area contributed by atoms with E-state index in [9.17, 15) is 22.4 Å². The fourth-order valence-electron chi connectivity index (χ4n) is 5.25. The third-order valence-corrected chi connectivity index (χ3v) is 9.61. The molecule has 5 rings (SSSR count). The maximum atomic E-state index is 14.1. The molecule has 3 aromatic carbocycles. The standard InChI is InChI=1S/C31H33ClFN3O6S/c1-21(31(38)34-25-7-2-3-8-25)35(19-22-5-4-6-23(32)17-22)30(37)20-36(26-11-9-24(33)10-12-26)43(39,40)27-13-14-28-29(18-27)42-16-15-41-28/h4-6,9-14,17-18,21,25H,2-3,7-8,15-16,19-20H2,1H3,(H,34,38)/t21-/m0/s1. The number of amides is 2. The Morgan fingerprint density at radius 2 is 1.70 bits per heavy atom. The molecular formula is C31H33ClFN3O6S. The molecule has 1 atom stereocenters. The van der Waals surface area contributed by atoms with Crippen LogP contribution < -0.4 is 19.1 Å². The smallest absolute Gasteiger partial charge is 0.264 e. The van der Waals surface area contributed by atoms with E-state index in [0.717, 1.165) is 42.1 Å². The van der Waals surface area contributed by atoms with Gasteiger partial charge in [-0.05, 0) is 73.9 Å². The Hall–Kier alpha value is -3.83. The first-order chi connectivity index (χ1) is 20.6. The number of nitrogens with zero attached hydrogens (tertiary/aromatic N) is 2. The molecule has 0 bridgehead atoms. The molecule has 9 nitrogen and oxygen atoms in total. The summed E-state index contributed by atoms with van der Waals surface area (Å²) in [5, 5.41) is 3.49. The number of nitrogens with one attached hydrogen (secondary N) is 1. The molecule has 0 aromatic heterocycles. The molecule has 0 saturated heterocycles. The van der Waals surface area contributed by atoms with Gasteiger partial charge in [0.2, 0.25) is 11.8 Å². The Bertz CT molecular complexity index is 1580. The van der Waals surface area contributed by atoms with Gasteiger partial charge in [0.05, 0.1) is 10.6 Å². The average molecular weight is 630 g/mol. The van der Waals surface area contributed by atoms with Crippen LogP contribution in [0.25, 0.3) is 0 Å². The van der Waals surface area contributed by atoms with Crippen LogP contribution in [0, 0.1) is 5.82 Å². The summed E-state index contributed by atoms with van der Waals surface area (Å²) in [5.41, 5.74) is 0.750. The molecule has 12 heteroatoms. The third kappa shape index (κ3) is 7.22. The first-order valence-electron chi connectivity index (χ1n) is 14.1. The van der Waals surface area contributed by atoms with Crippen LogP contribution in [-0.2, 0) is 26.2 Å². The summed E-state index contributed by atoms with van der Waals surface area (Å²) in [4.78, 5) is 28.6. The number of anilines is 1. The number of hydrogen-bond acceptors (Lipinski definition) is 6. The van der Waals surface area contributed by atoms with Crippen molar-refractivity contribution in [2.75, 3.05) is 24.1 Å². The number of fused-ring (bicyclic) bond motifs is 1. The van der Waals surface area contributed by atoms with Crippen LogP contribution >= 0.6 is 11.6 Å². The van der Waals surface area contributed by atoms with Crippen LogP contribution in [0.5, 0.6) is 11.5 Å². The van der Waals surface area contributed by atoms with E-state index < -0.39 is 34.3 Å². The number of carbonyl (C=O) groups excluding carboxylic acids is 2. The lowest BCUT2D eigenvalue weighted by atomic mass is 10.1. The van der Waals surface area contributed by atoms with Gasteiger partial charge >= 0.3 is 0 Å². The lowest BCUT2D eigenvalue weighted by molar-refractivity contribution is -0.139. The number of sulfonamides is 1. The molecule has 2 amide bonds. The van der Waals surface area contributed by atoms with Gasteiger partial charge in [0.25, 0.3) is 10.0 Å². The lowest BCUT2D eigenvalue weighted by Crippen LogP contribution is -2.52. The summed E-state index contributed by atoms with van der Waals surface area (Å²) in [6.07, 6.45) is 3.78. The number of benzene rings is 3. The van der Waals surface area contributed by atoms with Crippen molar-refractivity contribution < 1.29 is 31.9 Å². The predicted molar refractivity (Wildman–Crippen MR) is 160 cm³/mol. The topological polar surface area (TPSA) is 105 Å².